The van der Waals surface area contributed by atoms with Gasteiger partial charge in [-0.15, -0.1) is 0 Å². The molecule has 0 aromatic heterocycles. The first-order valence-corrected chi connectivity index (χ1v) is 17.6. The Hall–Kier alpha value is -6.96. The summed E-state index contributed by atoms with van der Waals surface area (Å²) in [5.41, 5.74) is 5.58. The Morgan fingerprint density at radius 2 is 1.08 bits per heavy atom. The third-order valence-electron chi connectivity index (χ3n) is 10.4. The van der Waals surface area contributed by atoms with Crippen molar-refractivity contribution in [2.75, 3.05) is 0 Å². The summed E-state index contributed by atoms with van der Waals surface area (Å²) in [6.45, 7) is 0. The standard InChI is InChI=1S/C52H32O/c1-3-12-33(13-4-1)36-24-25-45-47-21-11-20-46-42(26-27-48(52(46)47)53-49(45)32-36)40-29-39(34-14-5-2-6-15-34)30-41(31-40)51-44-19-10-8-17-37(44)28-38-23-22-35-16-7-9-18-43(35)50(38)51/h1-32H/i1D,3D,4D,12D,13D,29D,30D,31D. The zero-order chi connectivity index (χ0) is 41.8. The first-order valence-electron chi connectivity index (χ1n) is 21.6. The summed E-state index contributed by atoms with van der Waals surface area (Å²) in [5, 5.41) is 7.49. The monoisotopic (exact) mass is 680 g/mol. The van der Waals surface area contributed by atoms with E-state index >= 15 is 0 Å². The molecule has 1 aliphatic heterocycles. The third kappa shape index (κ3) is 4.79. The van der Waals surface area contributed by atoms with Crippen molar-refractivity contribution in [3.63, 3.8) is 0 Å². The van der Waals surface area contributed by atoms with E-state index in [0.29, 0.717) is 44.9 Å². The Morgan fingerprint density at radius 1 is 0.358 bits per heavy atom. The molecule has 0 saturated heterocycles. The minimum Gasteiger partial charge on any atom is -0.456 e. The van der Waals surface area contributed by atoms with Gasteiger partial charge < -0.3 is 4.74 Å². The second-order valence-corrected chi connectivity index (χ2v) is 13.4. The summed E-state index contributed by atoms with van der Waals surface area (Å²) in [4.78, 5) is 0. The highest BCUT2D eigenvalue weighted by Gasteiger charge is 2.23. The molecular formula is C52H32O. The van der Waals surface area contributed by atoms with Crippen LogP contribution in [0, 0.1) is 0 Å². The van der Waals surface area contributed by atoms with Gasteiger partial charge in [0.05, 0.1) is 11.0 Å². The smallest absolute Gasteiger partial charge is 0.135 e. The van der Waals surface area contributed by atoms with Crippen molar-refractivity contribution in [2.45, 2.75) is 0 Å². The SMILES string of the molecule is [2H]c1c([2H])c([2H])c(-c2ccc3c(c2)Oc2ccc(-c4c([2H])c(-c5ccccc5)c([2H])c(-c5c6ccccc6cc6ccc7ccccc7c56)c4[2H])c4cccc-3c24)c([2H])c1[2H]. The maximum absolute atomic E-state index is 10.2. The molecule has 0 unspecified atom stereocenters. The molecule has 0 fully saturated rings. The maximum Gasteiger partial charge on any atom is 0.135 e. The number of hydrogen-bond donors (Lipinski definition) is 0. The van der Waals surface area contributed by atoms with Crippen LogP contribution in [-0.4, -0.2) is 0 Å². The molecule has 0 spiro atoms. The molecule has 0 amide bonds. The van der Waals surface area contributed by atoms with Crippen molar-refractivity contribution < 1.29 is 15.7 Å². The predicted molar refractivity (Wildman–Crippen MR) is 224 cm³/mol. The highest BCUT2D eigenvalue weighted by Crippen LogP contribution is 2.50. The first kappa shape index (κ1) is 22.8. The molecule has 0 aliphatic carbocycles. The van der Waals surface area contributed by atoms with Crippen LogP contribution in [0.5, 0.6) is 11.5 Å². The second-order valence-electron chi connectivity index (χ2n) is 13.4. The zero-order valence-corrected chi connectivity index (χ0v) is 28.3. The maximum atomic E-state index is 10.2. The van der Waals surface area contributed by atoms with E-state index in [1.54, 1.807) is 12.1 Å². The molecule has 1 heterocycles. The van der Waals surface area contributed by atoms with Crippen molar-refractivity contribution in [3.05, 3.63) is 194 Å². The Labute approximate surface area is 319 Å². The number of hydrogen-bond acceptors (Lipinski definition) is 1. The topological polar surface area (TPSA) is 9.23 Å². The lowest BCUT2D eigenvalue weighted by atomic mass is 9.85. The average molecular weight is 681 g/mol. The Kier molecular flexibility index (Phi) is 5.07. The lowest BCUT2D eigenvalue weighted by Crippen LogP contribution is -1.98. The van der Waals surface area contributed by atoms with Gasteiger partial charge in [0.25, 0.3) is 0 Å². The van der Waals surface area contributed by atoms with E-state index in [4.69, 9.17) is 11.6 Å². The first-order chi connectivity index (χ1) is 29.6. The van der Waals surface area contributed by atoms with Crippen LogP contribution in [0.4, 0.5) is 0 Å². The van der Waals surface area contributed by atoms with Crippen LogP contribution < -0.4 is 4.74 Å². The fourth-order valence-electron chi connectivity index (χ4n) is 7.98. The Morgan fingerprint density at radius 3 is 1.96 bits per heavy atom. The molecule has 1 heteroatoms. The molecule has 246 valence electrons. The van der Waals surface area contributed by atoms with Crippen LogP contribution in [0.15, 0.2) is 194 Å². The lowest BCUT2D eigenvalue weighted by molar-refractivity contribution is 0.487. The fourth-order valence-corrected chi connectivity index (χ4v) is 7.98. The Balaban J connectivity index is 1.20. The molecule has 0 saturated carbocycles. The number of fused-ring (bicyclic) bond motifs is 6. The highest BCUT2D eigenvalue weighted by atomic mass is 16.5. The molecule has 0 radical (unpaired) electrons. The van der Waals surface area contributed by atoms with Crippen LogP contribution in [0.1, 0.15) is 11.0 Å². The number of ether oxygens (including phenoxy) is 1. The molecule has 10 aromatic rings. The summed E-state index contributed by atoms with van der Waals surface area (Å²) >= 11 is 0. The van der Waals surface area contributed by atoms with Gasteiger partial charge in [0.1, 0.15) is 11.5 Å². The van der Waals surface area contributed by atoms with Gasteiger partial charge in [-0.05, 0) is 130 Å². The molecule has 11 rings (SSSR count). The largest absolute Gasteiger partial charge is 0.456 e. The third-order valence-corrected chi connectivity index (χ3v) is 10.4. The van der Waals surface area contributed by atoms with E-state index in [-0.39, 0.29) is 35.8 Å². The summed E-state index contributed by atoms with van der Waals surface area (Å²) in [6, 6.07) is 45.7. The highest BCUT2D eigenvalue weighted by molar-refractivity contribution is 6.22. The number of benzene rings is 10. The van der Waals surface area contributed by atoms with Gasteiger partial charge >= 0.3 is 0 Å². The van der Waals surface area contributed by atoms with Gasteiger partial charge in [-0.2, -0.15) is 0 Å². The summed E-state index contributed by atoms with van der Waals surface area (Å²) in [6.07, 6.45) is 0. The van der Waals surface area contributed by atoms with Gasteiger partial charge in [0, 0.05) is 10.9 Å². The summed E-state index contributed by atoms with van der Waals surface area (Å²) in [5.74, 6) is 1.02. The molecule has 1 aliphatic rings. The van der Waals surface area contributed by atoms with Crippen LogP contribution in [0.25, 0.3) is 98.7 Å². The Bertz CT molecular complexity index is 3520. The van der Waals surface area contributed by atoms with Gasteiger partial charge in [-0.3, -0.25) is 0 Å². The quantitative estimate of drug-likeness (QED) is 0.133. The van der Waals surface area contributed by atoms with E-state index in [2.05, 4.69) is 42.5 Å². The van der Waals surface area contributed by atoms with Gasteiger partial charge in [0.15, 0.2) is 0 Å². The van der Waals surface area contributed by atoms with Crippen molar-refractivity contribution >= 4 is 43.1 Å². The van der Waals surface area contributed by atoms with Crippen molar-refractivity contribution in [3.8, 4) is 67.1 Å². The summed E-state index contributed by atoms with van der Waals surface area (Å²) < 4.78 is 78.4. The number of rotatable bonds is 4. The lowest BCUT2D eigenvalue weighted by Gasteiger charge is -2.23. The molecular weight excluding hydrogens is 641 g/mol. The fraction of sp³-hybridized carbons (Fsp3) is 0. The minimum absolute atomic E-state index is 0.0837. The van der Waals surface area contributed by atoms with E-state index in [0.717, 1.165) is 59.8 Å². The normalized spacial score (nSPS) is 14.0. The van der Waals surface area contributed by atoms with E-state index < -0.39 is 18.1 Å². The van der Waals surface area contributed by atoms with Gasteiger partial charge in [-0.25, -0.2) is 0 Å². The van der Waals surface area contributed by atoms with E-state index in [9.17, 15) is 4.11 Å². The second kappa shape index (κ2) is 11.8. The van der Waals surface area contributed by atoms with Gasteiger partial charge in [0.2, 0.25) is 0 Å². The molecule has 0 atom stereocenters. The molecule has 0 bridgehead atoms. The van der Waals surface area contributed by atoms with E-state index in [1.807, 2.05) is 91.0 Å². The van der Waals surface area contributed by atoms with Gasteiger partial charge in [-0.1, -0.05) is 152 Å². The summed E-state index contributed by atoms with van der Waals surface area (Å²) in [7, 11) is 0. The predicted octanol–water partition coefficient (Wildman–Crippen LogP) is 14.7. The van der Waals surface area contributed by atoms with Crippen molar-refractivity contribution in [1.82, 2.24) is 0 Å². The van der Waals surface area contributed by atoms with Crippen LogP contribution in [-0.2, 0) is 0 Å². The van der Waals surface area contributed by atoms with Crippen LogP contribution in [0.3, 0.4) is 0 Å². The molecule has 1 nitrogen and oxygen atoms in total. The molecule has 10 aromatic carbocycles. The van der Waals surface area contributed by atoms with Crippen LogP contribution >= 0.6 is 0 Å². The zero-order valence-electron chi connectivity index (χ0n) is 36.3. The molecule has 53 heavy (non-hydrogen) atoms. The minimum atomic E-state index is -0.449. The van der Waals surface area contributed by atoms with Crippen molar-refractivity contribution in [1.29, 1.82) is 0 Å². The van der Waals surface area contributed by atoms with Crippen LogP contribution in [0.2, 0.25) is 0 Å². The average Bonchev–Trinajstić information content (AvgIpc) is 3.28. The van der Waals surface area contributed by atoms with E-state index in [1.165, 1.54) is 0 Å². The van der Waals surface area contributed by atoms with Crippen molar-refractivity contribution in [2.24, 2.45) is 0 Å². The molecule has 0 N–H and O–H groups in total.